The minimum atomic E-state index is -0.469. The van der Waals surface area contributed by atoms with Crippen molar-refractivity contribution in [1.29, 1.82) is 0 Å². The van der Waals surface area contributed by atoms with Gasteiger partial charge in [0.2, 0.25) is 0 Å². The first kappa shape index (κ1) is 17.9. The van der Waals surface area contributed by atoms with E-state index in [1.165, 1.54) is 0 Å². The van der Waals surface area contributed by atoms with E-state index in [4.69, 9.17) is 16.3 Å². The first-order chi connectivity index (χ1) is 10.8. The smallest absolute Gasteiger partial charge is 0.410 e. The van der Waals surface area contributed by atoms with Gasteiger partial charge in [-0.3, -0.25) is 9.88 Å². The number of ether oxygens (including phenoxy) is 1. The fraction of sp³-hybridized carbons (Fsp3) is 0.688. The van der Waals surface area contributed by atoms with Gasteiger partial charge in [-0.25, -0.2) is 9.78 Å². The first-order valence-electron chi connectivity index (χ1n) is 7.90. The van der Waals surface area contributed by atoms with Gasteiger partial charge in [0.05, 0.1) is 5.69 Å². The van der Waals surface area contributed by atoms with Gasteiger partial charge in [0, 0.05) is 38.1 Å². The molecule has 1 aliphatic heterocycles. The molecule has 128 valence electrons. The molecule has 2 heterocycles. The summed E-state index contributed by atoms with van der Waals surface area (Å²) in [6.07, 6.45) is 4.97. The van der Waals surface area contributed by atoms with Crippen molar-refractivity contribution in [2.45, 2.75) is 51.8 Å². The number of likely N-dealkylation sites (N-methyl/N-ethyl adjacent to an activating group) is 1. The van der Waals surface area contributed by atoms with Crippen LogP contribution in [0, 0.1) is 0 Å². The van der Waals surface area contributed by atoms with Crippen LogP contribution >= 0.6 is 11.6 Å². The summed E-state index contributed by atoms with van der Waals surface area (Å²) in [6.45, 7) is 7.77. The second-order valence-corrected chi connectivity index (χ2v) is 7.32. The molecule has 0 bridgehead atoms. The second kappa shape index (κ2) is 7.45. The highest BCUT2D eigenvalue weighted by Gasteiger charge is 2.32. The van der Waals surface area contributed by atoms with Gasteiger partial charge in [0.25, 0.3) is 0 Å². The van der Waals surface area contributed by atoms with E-state index in [2.05, 4.69) is 14.9 Å². The number of hydrogen-bond acceptors (Lipinski definition) is 5. The summed E-state index contributed by atoms with van der Waals surface area (Å²) in [5, 5.41) is 0.426. The van der Waals surface area contributed by atoms with Gasteiger partial charge in [-0.2, -0.15) is 0 Å². The molecule has 0 N–H and O–H groups in total. The quantitative estimate of drug-likeness (QED) is 0.843. The van der Waals surface area contributed by atoms with Crippen molar-refractivity contribution >= 4 is 17.7 Å². The van der Waals surface area contributed by atoms with E-state index < -0.39 is 5.60 Å². The molecule has 1 amide bonds. The molecular formula is C16H25ClN4O2. The van der Waals surface area contributed by atoms with Crippen molar-refractivity contribution in [2.24, 2.45) is 0 Å². The van der Waals surface area contributed by atoms with Crippen LogP contribution in [0.25, 0.3) is 0 Å². The van der Waals surface area contributed by atoms with Crippen LogP contribution in [0.2, 0.25) is 5.15 Å². The third-order valence-corrected chi connectivity index (χ3v) is 3.99. The van der Waals surface area contributed by atoms with Crippen LogP contribution in [0.3, 0.4) is 0 Å². The van der Waals surface area contributed by atoms with E-state index >= 15 is 0 Å². The SMILES string of the molecule is CN(Cc1nccnc1Cl)C[C@@H]1CCCN1C(=O)OC(C)(C)C. The van der Waals surface area contributed by atoms with Crippen LogP contribution in [0.4, 0.5) is 4.79 Å². The van der Waals surface area contributed by atoms with Crippen LogP contribution in [0.5, 0.6) is 0 Å². The molecule has 0 unspecified atom stereocenters. The standard InChI is InChI=1S/C16H25ClN4O2/c1-16(2,3)23-15(22)21-9-5-6-12(21)10-20(4)11-13-14(17)19-8-7-18-13/h7-8,12H,5-6,9-11H2,1-4H3/t12-/m0/s1. The number of likely N-dealkylation sites (tertiary alicyclic amines) is 1. The number of nitrogens with zero attached hydrogens (tertiary/aromatic N) is 4. The van der Waals surface area contributed by atoms with E-state index in [0.717, 1.165) is 31.6 Å². The Morgan fingerprint density at radius 1 is 1.43 bits per heavy atom. The minimum Gasteiger partial charge on any atom is -0.444 e. The third-order valence-electron chi connectivity index (χ3n) is 3.67. The topological polar surface area (TPSA) is 58.6 Å². The van der Waals surface area contributed by atoms with Crippen molar-refractivity contribution in [3.63, 3.8) is 0 Å². The van der Waals surface area contributed by atoms with Crippen molar-refractivity contribution in [3.05, 3.63) is 23.2 Å². The lowest BCUT2D eigenvalue weighted by molar-refractivity contribution is 0.0201. The Bertz CT molecular complexity index is 547. The predicted molar refractivity (Wildman–Crippen MR) is 89.3 cm³/mol. The molecule has 1 aromatic rings. The van der Waals surface area contributed by atoms with Gasteiger partial charge in [-0.1, -0.05) is 11.6 Å². The lowest BCUT2D eigenvalue weighted by Crippen LogP contribution is -2.44. The van der Waals surface area contributed by atoms with E-state index in [-0.39, 0.29) is 12.1 Å². The van der Waals surface area contributed by atoms with Crippen molar-refractivity contribution in [1.82, 2.24) is 19.8 Å². The summed E-state index contributed by atoms with van der Waals surface area (Å²) in [6, 6.07) is 0.158. The number of amides is 1. The average Bonchev–Trinajstić information content (AvgIpc) is 2.87. The van der Waals surface area contributed by atoms with Gasteiger partial charge >= 0.3 is 6.09 Å². The summed E-state index contributed by atoms with van der Waals surface area (Å²) in [4.78, 5) is 24.5. The van der Waals surface area contributed by atoms with Crippen molar-refractivity contribution in [3.8, 4) is 0 Å². The zero-order valence-electron chi connectivity index (χ0n) is 14.3. The number of carbonyl (C=O) groups is 1. The van der Waals surface area contributed by atoms with E-state index in [1.54, 1.807) is 12.4 Å². The van der Waals surface area contributed by atoms with Crippen LogP contribution in [-0.4, -0.2) is 57.6 Å². The number of carbonyl (C=O) groups excluding carboxylic acids is 1. The molecule has 0 spiro atoms. The van der Waals surface area contributed by atoms with Crippen molar-refractivity contribution < 1.29 is 9.53 Å². The molecule has 1 atom stereocenters. The summed E-state index contributed by atoms with van der Waals surface area (Å²) in [5.41, 5.74) is 0.280. The molecule has 1 aromatic heterocycles. The molecule has 23 heavy (non-hydrogen) atoms. The number of halogens is 1. The monoisotopic (exact) mass is 340 g/mol. The molecule has 1 saturated heterocycles. The lowest BCUT2D eigenvalue weighted by Gasteiger charge is -2.30. The van der Waals surface area contributed by atoms with Crippen LogP contribution in [0.1, 0.15) is 39.3 Å². The molecule has 0 aromatic carbocycles. The highest BCUT2D eigenvalue weighted by atomic mass is 35.5. The third kappa shape index (κ3) is 5.32. The first-order valence-corrected chi connectivity index (χ1v) is 8.27. The molecule has 1 aliphatic rings. The Hall–Kier alpha value is -1.40. The average molecular weight is 341 g/mol. The summed E-state index contributed by atoms with van der Waals surface area (Å²) < 4.78 is 5.50. The van der Waals surface area contributed by atoms with Gasteiger partial charge in [0.1, 0.15) is 5.60 Å². The molecule has 0 radical (unpaired) electrons. The Kier molecular flexibility index (Phi) is 5.81. The van der Waals surface area contributed by atoms with E-state index in [1.807, 2.05) is 32.7 Å². The summed E-state index contributed by atoms with van der Waals surface area (Å²) in [7, 11) is 2.00. The van der Waals surface area contributed by atoms with Crippen LogP contribution in [0.15, 0.2) is 12.4 Å². The molecule has 2 rings (SSSR count). The van der Waals surface area contributed by atoms with Crippen LogP contribution < -0.4 is 0 Å². The summed E-state index contributed by atoms with van der Waals surface area (Å²) in [5.74, 6) is 0. The largest absolute Gasteiger partial charge is 0.444 e. The number of aromatic nitrogens is 2. The van der Waals surface area contributed by atoms with Gasteiger partial charge in [0.15, 0.2) is 5.15 Å². The van der Waals surface area contributed by atoms with Crippen LogP contribution in [-0.2, 0) is 11.3 Å². The molecule has 7 heteroatoms. The maximum atomic E-state index is 12.3. The summed E-state index contributed by atoms with van der Waals surface area (Å²) >= 11 is 6.05. The maximum Gasteiger partial charge on any atom is 0.410 e. The van der Waals surface area contributed by atoms with Gasteiger partial charge in [-0.15, -0.1) is 0 Å². The molecule has 0 saturated carbocycles. The zero-order valence-corrected chi connectivity index (χ0v) is 15.0. The second-order valence-electron chi connectivity index (χ2n) is 6.96. The highest BCUT2D eigenvalue weighted by Crippen LogP contribution is 2.22. The van der Waals surface area contributed by atoms with Gasteiger partial charge in [-0.05, 0) is 40.7 Å². The Morgan fingerprint density at radius 2 is 2.13 bits per heavy atom. The molecule has 1 fully saturated rings. The lowest BCUT2D eigenvalue weighted by atomic mass is 10.2. The van der Waals surface area contributed by atoms with Crippen molar-refractivity contribution in [2.75, 3.05) is 20.1 Å². The Morgan fingerprint density at radius 3 is 2.78 bits per heavy atom. The Labute approximate surface area is 142 Å². The Balaban J connectivity index is 1.93. The molecule has 6 nitrogen and oxygen atoms in total. The van der Waals surface area contributed by atoms with Gasteiger partial charge < -0.3 is 9.64 Å². The normalized spacial score (nSPS) is 18.5. The number of rotatable bonds is 4. The maximum absolute atomic E-state index is 12.3. The molecule has 0 aliphatic carbocycles. The van der Waals surface area contributed by atoms with E-state index in [9.17, 15) is 4.79 Å². The molecular weight excluding hydrogens is 316 g/mol. The zero-order chi connectivity index (χ0) is 17.0. The minimum absolute atomic E-state index is 0.158. The number of hydrogen-bond donors (Lipinski definition) is 0. The highest BCUT2D eigenvalue weighted by molar-refractivity contribution is 6.29. The predicted octanol–water partition coefficient (Wildman–Crippen LogP) is 2.96. The fourth-order valence-corrected chi connectivity index (χ4v) is 2.89. The van der Waals surface area contributed by atoms with E-state index in [0.29, 0.717) is 11.7 Å². The fourth-order valence-electron chi connectivity index (χ4n) is 2.72.